The summed E-state index contributed by atoms with van der Waals surface area (Å²) in [5.41, 5.74) is 0.925. The highest BCUT2D eigenvalue weighted by Crippen LogP contribution is 2.34. The molecule has 0 saturated heterocycles. The van der Waals surface area contributed by atoms with Gasteiger partial charge in [0, 0.05) is 18.3 Å². The van der Waals surface area contributed by atoms with Crippen molar-refractivity contribution < 1.29 is 14.7 Å². The molecule has 2 aromatic heterocycles. The van der Waals surface area contributed by atoms with Crippen LogP contribution >= 0.6 is 11.3 Å². The van der Waals surface area contributed by atoms with Crippen molar-refractivity contribution in [2.24, 2.45) is 7.05 Å². The fourth-order valence-corrected chi connectivity index (χ4v) is 3.74. The first-order valence-electron chi connectivity index (χ1n) is 7.58. The van der Waals surface area contributed by atoms with Crippen molar-refractivity contribution in [2.75, 3.05) is 5.32 Å². The van der Waals surface area contributed by atoms with Gasteiger partial charge in [0.2, 0.25) is 0 Å². The Morgan fingerprint density at radius 2 is 2.09 bits per heavy atom. The van der Waals surface area contributed by atoms with Crippen LogP contribution in [0.5, 0.6) is 0 Å². The van der Waals surface area contributed by atoms with Crippen molar-refractivity contribution in [3.63, 3.8) is 0 Å². The Hall–Kier alpha value is -2.22. The summed E-state index contributed by atoms with van der Waals surface area (Å²) in [4.78, 5) is 28.0. The van der Waals surface area contributed by atoms with E-state index in [-0.39, 0.29) is 11.3 Å². The van der Waals surface area contributed by atoms with Crippen LogP contribution in [0.15, 0.2) is 11.6 Å². The number of nitrogens with zero attached hydrogens (tertiary/aromatic N) is 3. The molecule has 1 saturated carbocycles. The summed E-state index contributed by atoms with van der Waals surface area (Å²) in [5.74, 6) is -1.21. The number of aromatic nitrogens is 3. The molecule has 2 N–H and O–H groups in total. The van der Waals surface area contributed by atoms with Crippen molar-refractivity contribution in [3.05, 3.63) is 28.5 Å². The summed E-state index contributed by atoms with van der Waals surface area (Å²) in [7, 11) is 1.54. The van der Waals surface area contributed by atoms with Crippen LogP contribution < -0.4 is 5.32 Å². The number of thiazole rings is 1. The van der Waals surface area contributed by atoms with Crippen molar-refractivity contribution in [2.45, 2.75) is 38.0 Å². The fraction of sp³-hybridized carbons (Fsp3) is 0.467. The topological polar surface area (TPSA) is 97.1 Å². The van der Waals surface area contributed by atoms with Crippen molar-refractivity contribution in [1.82, 2.24) is 14.8 Å². The van der Waals surface area contributed by atoms with Crippen molar-refractivity contribution in [3.8, 4) is 0 Å². The second kappa shape index (κ2) is 6.49. The van der Waals surface area contributed by atoms with Crippen LogP contribution in [-0.4, -0.2) is 31.7 Å². The number of carboxylic acids is 1. The number of hydrogen-bond acceptors (Lipinski definition) is 5. The highest BCUT2D eigenvalue weighted by molar-refractivity contribution is 7.14. The van der Waals surface area contributed by atoms with Gasteiger partial charge < -0.3 is 5.11 Å². The number of nitrogens with one attached hydrogen (secondary N) is 1. The van der Waals surface area contributed by atoms with Crippen LogP contribution in [0.4, 0.5) is 5.13 Å². The number of aryl methyl sites for hydroxylation is 1. The van der Waals surface area contributed by atoms with Crippen LogP contribution in [0.25, 0.3) is 0 Å². The second-order valence-corrected chi connectivity index (χ2v) is 6.56. The van der Waals surface area contributed by atoms with Gasteiger partial charge in [-0.2, -0.15) is 5.10 Å². The first-order valence-corrected chi connectivity index (χ1v) is 8.46. The van der Waals surface area contributed by atoms with E-state index < -0.39 is 11.9 Å². The molecule has 0 bridgehead atoms. The highest BCUT2D eigenvalue weighted by Gasteiger charge is 2.23. The average Bonchev–Trinajstić information content (AvgIpc) is 3.15. The van der Waals surface area contributed by atoms with Gasteiger partial charge in [-0.15, -0.1) is 11.3 Å². The lowest BCUT2D eigenvalue weighted by atomic mass is 9.87. The Balaban J connectivity index is 1.75. The van der Waals surface area contributed by atoms with Gasteiger partial charge in [-0.05, 0) is 12.8 Å². The van der Waals surface area contributed by atoms with Gasteiger partial charge in [-0.1, -0.05) is 19.3 Å². The van der Waals surface area contributed by atoms with E-state index in [1.165, 1.54) is 48.5 Å². The molecule has 0 unspecified atom stereocenters. The molecule has 1 fully saturated rings. The maximum absolute atomic E-state index is 12.3. The molecule has 0 spiro atoms. The third-order valence-corrected chi connectivity index (χ3v) is 4.93. The monoisotopic (exact) mass is 334 g/mol. The van der Waals surface area contributed by atoms with E-state index >= 15 is 0 Å². The lowest BCUT2D eigenvalue weighted by Crippen LogP contribution is -2.19. The molecule has 0 atom stereocenters. The summed E-state index contributed by atoms with van der Waals surface area (Å²) in [6.45, 7) is 0. The predicted molar refractivity (Wildman–Crippen MR) is 86.1 cm³/mol. The zero-order valence-corrected chi connectivity index (χ0v) is 13.6. The molecule has 7 nitrogen and oxygen atoms in total. The summed E-state index contributed by atoms with van der Waals surface area (Å²) in [6.07, 6.45) is 7.18. The number of rotatable bonds is 4. The molecule has 3 rings (SSSR count). The Bertz CT molecular complexity index is 731. The minimum atomic E-state index is -1.18. The fourth-order valence-electron chi connectivity index (χ4n) is 2.95. The van der Waals surface area contributed by atoms with Gasteiger partial charge >= 0.3 is 5.97 Å². The Labute approximate surface area is 137 Å². The van der Waals surface area contributed by atoms with E-state index in [2.05, 4.69) is 15.4 Å². The number of anilines is 1. The molecule has 0 radical (unpaired) electrons. The molecular formula is C15H18N4O3S. The lowest BCUT2D eigenvalue weighted by Gasteiger charge is -2.19. The summed E-state index contributed by atoms with van der Waals surface area (Å²) >= 11 is 1.37. The zero-order chi connectivity index (χ0) is 16.4. The third kappa shape index (κ3) is 3.26. The Morgan fingerprint density at radius 3 is 2.78 bits per heavy atom. The van der Waals surface area contributed by atoms with E-state index in [1.54, 1.807) is 0 Å². The van der Waals surface area contributed by atoms with Crippen LogP contribution in [0.1, 0.15) is 64.6 Å². The molecule has 2 aromatic rings. The average molecular weight is 334 g/mol. The lowest BCUT2D eigenvalue weighted by molar-refractivity contribution is 0.0692. The van der Waals surface area contributed by atoms with E-state index in [4.69, 9.17) is 5.11 Å². The maximum Gasteiger partial charge on any atom is 0.339 e. The number of carboxylic acid groups (broad SMARTS) is 1. The molecule has 122 valence electrons. The third-order valence-electron chi connectivity index (χ3n) is 4.15. The second-order valence-electron chi connectivity index (χ2n) is 5.70. The zero-order valence-electron chi connectivity index (χ0n) is 12.8. The molecule has 2 heterocycles. The number of carbonyl (C=O) groups is 2. The molecule has 0 aromatic carbocycles. The standard InChI is InChI=1S/C15H18N4O3S/c1-19-12(10(7-16-19)14(21)22)13(20)18-15-17-11(8-23-15)9-5-3-2-4-6-9/h7-9H,2-6H2,1H3,(H,21,22)(H,17,18,20). The molecule has 1 amide bonds. The van der Waals surface area contributed by atoms with E-state index in [0.717, 1.165) is 18.5 Å². The molecular weight excluding hydrogens is 316 g/mol. The summed E-state index contributed by atoms with van der Waals surface area (Å²) in [6, 6.07) is 0. The quantitative estimate of drug-likeness (QED) is 0.896. The number of hydrogen-bond donors (Lipinski definition) is 2. The summed E-state index contributed by atoms with van der Waals surface area (Å²) < 4.78 is 1.26. The van der Waals surface area contributed by atoms with Gasteiger partial charge in [0.05, 0.1) is 11.9 Å². The summed E-state index contributed by atoms with van der Waals surface area (Å²) in [5, 5.41) is 18.1. The largest absolute Gasteiger partial charge is 0.478 e. The number of amides is 1. The van der Waals surface area contributed by atoms with Crippen LogP contribution in [-0.2, 0) is 7.05 Å². The molecule has 0 aliphatic heterocycles. The van der Waals surface area contributed by atoms with Crippen LogP contribution in [0, 0.1) is 0 Å². The minimum absolute atomic E-state index is 0.0203. The highest BCUT2D eigenvalue weighted by atomic mass is 32.1. The van der Waals surface area contributed by atoms with Crippen LogP contribution in [0.2, 0.25) is 0 Å². The van der Waals surface area contributed by atoms with E-state index in [1.807, 2.05) is 5.38 Å². The van der Waals surface area contributed by atoms with Crippen molar-refractivity contribution in [1.29, 1.82) is 0 Å². The Kier molecular flexibility index (Phi) is 4.42. The normalized spacial score (nSPS) is 15.5. The molecule has 23 heavy (non-hydrogen) atoms. The van der Waals surface area contributed by atoms with Crippen molar-refractivity contribution >= 4 is 28.3 Å². The molecule has 1 aliphatic carbocycles. The first-order chi connectivity index (χ1) is 11.1. The van der Waals surface area contributed by atoms with Gasteiger partial charge in [-0.3, -0.25) is 14.8 Å². The van der Waals surface area contributed by atoms with E-state index in [0.29, 0.717) is 11.0 Å². The van der Waals surface area contributed by atoms with Gasteiger partial charge in [0.15, 0.2) is 5.13 Å². The predicted octanol–water partition coefficient (Wildman–Crippen LogP) is 2.87. The van der Waals surface area contributed by atoms with Gasteiger partial charge in [-0.25, -0.2) is 9.78 Å². The molecule has 1 aliphatic rings. The minimum Gasteiger partial charge on any atom is -0.478 e. The Morgan fingerprint density at radius 1 is 1.35 bits per heavy atom. The van der Waals surface area contributed by atoms with Crippen LogP contribution in [0.3, 0.4) is 0 Å². The number of aromatic carboxylic acids is 1. The maximum atomic E-state index is 12.3. The first kappa shape index (κ1) is 15.7. The smallest absolute Gasteiger partial charge is 0.339 e. The SMILES string of the molecule is Cn1ncc(C(=O)O)c1C(=O)Nc1nc(C2CCCCC2)cs1. The van der Waals surface area contributed by atoms with E-state index in [9.17, 15) is 9.59 Å². The van der Waals surface area contributed by atoms with Gasteiger partial charge in [0.1, 0.15) is 11.3 Å². The molecule has 8 heteroatoms. The van der Waals surface area contributed by atoms with Gasteiger partial charge in [0.25, 0.3) is 5.91 Å². The number of carbonyl (C=O) groups excluding carboxylic acids is 1.